The number of benzene rings is 1. The summed E-state index contributed by atoms with van der Waals surface area (Å²) in [4.78, 5) is 16.1. The van der Waals surface area contributed by atoms with Crippen molar-refractivity contribution in [2.45, 2.75) is 19.8 Å². The normalized spacial score (nSPS) is 10.3. The lowest BCUT2D eigenvalue weighted by Gasteiger charge is -2.10. The van der Waals surface area contributed by atoms with E-state index in [4.69, 9.17) is 23.2 Å². The van der Waals surface area contributed by atoms with E-state index < -0.39 is 0 Å². The summed E-state index contributed by atoms with van der Waals surface area (Å²) in [6.07, 6.45) is 3.34. The Morgan fingerprint density at radius 2 is 2.05 bits per heavy atom. The number of nitrogens with one attached hydrogen (secondary N) is 1. The molecular formula is C15H14Cl2N2O. The van der Waals surface area contributed by atoms with Gasteiger partial charge in [0.1, 0.15) is 5.15 Å². The fourth-order valence-electron chi connectivity index (χ4n) is 1.87. The quantitative estimate of drug-likeness (QED) is 0.839. The summed E-state index contributed by atoms with van der Waals surface area (Å²) >= 11 is 11.6. The number of para-hydroxylation sites is 1. The highest BCUT2D eigenvalue weighted by molar-refractivity contribution is 6.41. The van der Waals surface area contributed by atoms with Crippen molar-refractivity contribution >= 4 is 34.8 Å². The predicted molar refractivity (Wildman–Crippen MR) is 82.6 cm³/mol. The van der Waals surface area contributed by atoms with Crippen LogP contribution in [0.3, 0.4) is 0 Å². The minimum atomic E-state index is -0.250. The lowest BCUT2D eigenvalue weighted by molar-refractivity contribution is 0.102. The van der Waals surface area contributed by atoms with E-state index in [1.54, 1.807) is 0 Å². The molecule has 0 atom stereocenters. The van der Waals surface area contributed by atoms with E-state index in [2.05, 4.69) is 17.2 Å². The van der Waals surface area contributed by atoms with Gasteiger partial charge < -0.3 is 5.32 Å². The predicted octanol–water partition coefficient (Wildman–Crippen LogP) is 4.59. The third-order valence-electron chi connectivity index (χ3n) is 2.84. The van der Waals surface area contributed by atoms with Crippen LogP contribution in [0.4, 0.5) is 5.69 Å². The first-order chi connectivity index (χ1) is 9.61. The topological polar surface area (TPSA) is 42.0 Å². The van der Waals surface area contributed by atoms with Crippen molar-refractivity contribution in [2.75, 3.05) is 5.32 Å². The molecule has 1 heterocycles. The Balaban J connectivity index is 2.21. The molecule has 1 amide bonds. The molecule has 0 aliphatic heterocycles. The second-order valence-electron chi connectivity index (χ2n) is 4.36. The molecule has 2 aromatic rings. The Kier molecular flexibility index (Phi) is 4.99. The molecule has 0 aliphatic rings. The first-order valence-corrected chi connectivity index (χ1v) is 7.07. The number of rotatable bonds is 4. The summed E-state index contributed by atoms with van der Waals surface area (Å²) in [5, 5.41) is 3.33. The van der Waals surface area contributed by atoms with E-state index in [0.717, 1.165) is 24.1 Å². The third-order valence-corrected chi connectivity index (χ3v) is 3.53. The Morgan fingerprint density at radius 3 is 2.75 bits per heavy atom. The average molecular weight is 309 g/mol. The Labute approximate surface area is 127 Å². The number of nitrogens with zero attached hydrogens (tertiary/aromatic N) is 1. The molecule has 0 saturated carbocycles. The maximum Gasteiger partial charge on any atom is 0.257 e. The second kappa shape index (κ2) is 6.73. The first kappa shape index (κ1) is 14.8. The lowest BCUT2D eigenvalue weighted by Crippen LogP contribution is -2.13. The lowest BCUT2D eigenvalue weighted by atomic mass is 10.1. The Hall–Kier alpha value is -1.58. The van der Waals surface area contributed by atoms with Crippen LogP contribution in [0.2, 0.25) is 10.2 Å². The molecule has 0 bridgehead atoms. The minimum Gasteiger partial charge on any atom is -0.322 e. The highest BCUT2D eigenvalue weighted by Crippen LogP contribution is 2.21. The molecule has 3 nitrogen and oxygen atoms in total. The maximum absolute atomic E-state index is 12.2. The van der Waals surface area contributed by atoms with Crippen molar-refractivity contribution in [3.05, 3.63) is 57.8 Å². The van der Waals surface area contributed by atoms with E-state index in [9.17, 15) is 4.79 Å². The van der Waals surface area contributed by atoms with Crippen molar-refractivity contribution in [2.24, 2.45) is 0 Å². The minimum absolute atomic E-state index is 0.189. The zero-order valence-electron chi connectivity index (χ0n) is 11.0. The van der Waals surface area contributed by atoms with Gasteiger partial charge in [-0.25, -0.2) is 4.98 Å². The largest absolute Gasteiger partial charge is 0.322 e. The number of hydrogen-bond donors (Lipinski definition) is 1. The maximum atomic E-state index is 12.2. The van der Waals surface area contributed by atoms with Gasteiger partial charge in [0.2, 0.25) is 0 Å². The third kappa shape index (κ3) is 3.50. The van der Waals surface area contributed by atoms with Gasteiger partial charge in [0.05, 0.1) is 10.6 Å². The molecule has 0 fully saturated rings. The molecule has 5 heteroatoms. The summed E-state index contributed by atoms with van der Waals surface area (Å²) in [7, 11) is 0. The molecule has 1 aromatic carbocycles. The van der Waals surface area contributed by atoms with Crippen LogP contribution in [0.15, 0.2) is 36.5 Å². The van der Waals surface area contributed by atoms with Crippen molar-refractivity contribution in [3.63, 3.8) is 0 Å². The van der Waals surface area contributed by atoms with Crippen LogP contribution in [0.1, 0.15) is 29.3 Å². The molecular weight excluding hydrogens is 295 g/mol. The van der Waals surface area contributed by atoms with Crippen LogP contribution in [-0.2, 0) is 6.42 Å². The molecule has 0 spiro atoms. The highest BCUT2D eigenvalue weighted by atomic mass is 35.5. The van der Waals surface area contributed by atoms with Crippen LogP contribution in [0, 0.1) is 0 Å². The molecule has 0 saturated heterocycles. The van der Waals surface area contributed by atoms with Gasteiger partial charge in [-0.2, -0.15) is 0 Å². The van der Waals surface area contributed by atoms with E-state index in [1.165, 1.54) is 12.3 Å². The van der Waals surface area contributed by atoms with Crippen LogP contribution in [0.25, 0.3) is 0 Å². The summed E-state index contributed by atoms with van der Waals surface area (Å²) in [5.74, 6) is -0.250. The van der Waals surface area contributed by atoms with Crippen molar-refractivity contribution < 1.29 is 4.79 Å². The van der Waals surface area contributed by atoms with Crippen LogP contribution in [0.5, 0.6) is 0 Å². The number of hydrogen-bond acceptors (Lipinski definition) is 2. The van der Waals surface area contributed by atoms with Gasteiger partial charge in [-0.1, -0.05) is 54.7 Å². The average Bonchev–Trinajstić information content (AvgIpc) is 2.44. The highest BCUT2D eigenvalue weighted by Gasteiger charge is 2.11. The zero-order chi connectivity index (χ0) is 14.5. The van der Waals surface area contributed by atoms with Gasteiger partial charge in [-0.15, -0.1) is 0 Å². The second-order valence-corrected chi connectivity index (χ2v) is 5.12. The van der Waals surface area contributed by atoms with E-state index >= 15 is 0 Å². The van der Waals surface area contributed by atoms with Gasteiger partial charge in [-0.05, 0) is 24.1 Å². The fraction of sp³-hybridized carbons (Fsp3) is 0.200. The van der Waals surface area contributed by atoms with E-state index in [-0.39, 0.29) is 16.1 Å². The van der Waals surface area contributed by atoms with E-state index in [0.29, 0.717) is 5.56 Å². The van der Waals surface area contributed by atoms with Gasteiger partial charge >= 0.3 is 0 Å². The first-order valence-electron chi connectivity index (χ1n) is 6.32. The monoisotopic (exact) mass is 308 g/mol. The smallest absolute Gasteiger partial charge is 0.257 e. The van der Waals surface area contributed by atoms with Crippen molar-refractivity contribution in [1.29, 1.82) is 0 Å². The number of carbonyl (C=O) groups is 1. The number of aromatic nitrogens is 1. The Bertz CT molecular complexity index is 629. The number of halogens is 2. The van der Waals surface area contributed by atoms with Crippen molar-refractivity contribution in [1.82, 2.24) is 4.98 Å². The molecule has 104 valence electrons. The molecule has 1 N–H and O–H groups in total. The molecule has 20 heavy (non-hydrogen) atoms. The Morgan fingerprint density at radius 1 is 1.30 bits per heavy atom. The molecule has 0 radical (unpaired) electrons. The molecule has 2 rings (SSSR count). The molecule has 0 unspecified atom stereocenters. The molecule has 0 aliphatic carbocycles. The molecule has 1 aromatic heterocycles. The van der Waals surface area contributed by atoms with Gasteiger partial charge in [0.15, 0.2) is 0 Å². The zero-order valence-corrected chi connectivity index (χ0v) is 12.5. The van der Waals surface area contributed by atoms with E-state index in [1.807, 2.05) is 24.3 Å². The fourth-order valence-corrected chi connectivity index (χ4v) is 2.14. The van der Waals surface area contributed by atoms with Crippen molar-refractivity contribution in [3.8, 4) is 0 Å². The number of aryl methyl sites for hydroxylation is 1. The SMILES string of the molecule is CCCc1ccccc1NC(=O)c1cnc(Cl)c(Cl)c1. The van der Waals surface area contributed by atoms with Crippen LogP contribution < -0.4 is 5.32 Å². The number of carbonyl (C=O) groups excluding carboxylic acids is 1. The summed E-state index contributed by atoms with van der Waals surface area (Å²) < 4.78 is 0. The standard InChI is InChI=1S/C15H14Cl2N2O/c1-2-5-10-6-3-4-7-13(10)19-15(20)11-8-12(16)14(17)18-9-11/h3-4,6-9H,2,5H2,1H3,(H,19,20). The van der Waals surface area contributed by atoms with Crippen LogP contribution in [-0.4, -0.2) is 10.9 Å². The number of pyridine rings is 1. The van der Waals surface area contributed by atoms with Gasteiger partial charge in [0, 0.05) is 11.9 Å². The summed E-state index contributed by atoms with van der Waals surface area (Å²) in [6, 6.07) is 9.25. The van der Waals surface area contributed by atoms with Gasteiger partial charge in [0.25, 0.3) is 5.91 Å². The number of anilines is 1. The number of amides is 1. The van der Waals surface area contributed by atoms with Gasteiger partial charge in [-0.3, -0.25) is 4.79 Å². The van der Waals surface area contributed by atoms with Crippen LogP contribution >= 0.6 is 23.2 Å². The summed E-state index contributed by atoms with van der Waals surface area (Å²) in [5.41, 5.74) is 2.30. The summed E-state index contributed by atoms with van der Waals surface area (Å²) in [6.45, 7) is 2.10.